The zero-order valence-corrected chi connectivity index (χ0v) is 9.13. The van der Waals surface area contributed by atoms with Crippen molar-refractivity contribution in [1.29, 1.82) is 0 Å². The van der Waals surface area contributed by atoms with Crippen LogP contribution in [0.4, 0.5) is 0 Å². The molecule has 1 atom stereocenters. The Morgan fingerprint density at radius 2 is 2.14 bits per heavy atom. The van der Waals surface area contributed by atoms with Crippen LogP contribution in [0.2, 0.25) is 0 Å². The number of carbonyl (C=O) groups is 1. The van der Waals surface area contributed by atoms with Gasteiger partial charge in [-0.3, -0.25) is 4.79 Å². The van der Waals surface area contributed by atoms with Gasteiger partial charge in [0, 0.05) is 12.7 Å². The number of ether oxygens (including phenoxy) is 1. The first-order chi connectivity index (χ1) is 6.43. The topological polar surface area (TPSA) is 60.4 Å². The molecule has 5 heteroatoms. The van der Waals surface area contributed by atoms with Crippen LogP contribution in [0.5, 0.6) is 0 Å². The van der Waals surface area contributed by atoms with Crippen LogP contribution in [0.1, 0.15) is 19.8 Å². The number of terminal acetylenes is 1. The molecule has 0 heterocycles. The maximum Gasteiger partial charge on any atom is 0.324 e. The number of sulfone groups is 1. The van der Waals surface area contributed by atoms with Gasteiger partial charge in [-0.15, -0.1) is 12.3 Å². The van der Waals surface area contributed by atoms with E-state index in [1.807, 2.05) is 0 Å². The monoisotopic (exact) mass is 218 g/mol. The summed E-state index contributed by atoms with van der Waals surface area (Å²) in [6.45, 7) is 1.79. The summed E-state index contributed by atoms with van der Waals surface area (Å²) in [4.78, 5) is 11.2. The molecule has 0 bridgehead atoms. The highest BCUT2D eigenvalue weighted by atomic mass is 32.2. The molecule has 0 aliphatic rings. The van der Waals surface area contributed by atoms with E-state index in [1.165, 1.54) is 0 Å². The standard InChI is InChI=1S/C9H14O4S/c1-4-6-7-8(14(3,11)12)9(10)13-5-2/h1,8H,5-7H2,2-3H3. The molecule has 4 nitrogen and oxygen atoms in total. The maximum atomic E-state index is 11.2. The van der Waals surface area contributed by atoms with Crippen molar-refractivity contribution in [2.24, 2.45) is 0 Å². The van der Waals surface area contributed by atoms with Crippen LogP contribution in [0.3, 0.4) is 0 Å². The summed E-state index contributed by atoms with van der Waals surface area (Å²) in [6.07, 6.45) is 6.37. The normalized spacial score (nSPS) is 12.9. The van der Waals surface area contributed by atoms with Crippen LogP contribution in [0.15, 0.2) is 0 Å². The fourth-order valence-corrected chi connectivity index (χ4v) is 1.92. The molecule has 0 fully saturated rings. The van der Waals surface area contributed by atoms with Gasteiger partial charge in [0.1, 0.15) is 0 Å². The van der Waals surface area contributed by atoms with Crippen molar-refractivity contribution in [1.82, 2.24) is 0 Å². The number of hydrogen-bond acceptors (Lipinski definition) is 4. The Morgan fingerprint density at radius 1 is 1.57 bits per heavy atom. The largest absolute Gasteiger partial charge is 0.465 e. The van der Waals surface area contributed by atoms with Gasteiger partial charge in [-0.1, -0.05) is 0 Å². The molecule has 0 saturated heterocycles. The Kier molecular flexibility index (Phi) is 5.24. The lowest BCUT2D eigenvalue weighted by molar-refractivity contribution is -0.142. The summed E-state index contributed by atoms with van der Waals surface area (Å²) >= 11 is 0. The lowest BCUT2D eigenvalue weighted by Crippen LogP contribution is -2.31. The van der Waals surface area contributed by atoms with Crippen LogP contribution in [-0.2, 0) is 19.4 Å². The molecule has 0 aromatic heterocycles. The number of carbonyl (C=O) groups excluding carboxylic acids is 1. The van der Waals surface area contributed by atoms with E-state index >= 15 is 0 Å². The Labute approximate surface area is 84.6 Å². The van der Waals surface area contributed by atoms with Crippen LogP contribution in [0, 0.1) is 12.3 Å². The number of hydrogen-bond donors (Lipinski definition) is 0. The third-order valence-corrected chi connectivity index (χ3v) is 3.08. The van der Waals surface area contributed by atoms with Gasteiger partial charge < -0.3 is 4.74 Å². The molecule has 1 unspecified atom stereocenters. The minimum absolute atomic E-state index is 0.119. The molecule has 0 spiro atoms. The molecule has 0 aliphatic carbocycles. The Morgan fingerprint density at radius 3 is 2.50 bits per heavy atom. The third kappa shape index (κ3) is 4.28. The van der Waals surface area contributed by atoms with E-state index in [0.717, 1.165) is 6.26 Å². The molecule has 80 valence electrons. The van der Waals surface area contributed by atoms with Gasteiger partial charge in [0.15, 0.2) is 15.1 Å². The lowest BCUT2D eigenvalue weighted by atomic mass is 10.2. The average Bonchev–Trinajstić information content (AvgIpc) is 2.03. The first kappa shape index (κ1) is 13.0. The van der Waals surface area contributed by atoms with Crippen molar-refractivity contribution in [3.8, 4) is 12.3 Å². The highest BCUT2D eigenvalue weighted by molar-refractivity contribution is 7.92. The Bertz CT molecular complexity index is 323. The van der Waals surface area contributed by atoms with Crippen molar-refractivity contribution in [3.05, 3.63) is 0 Å². The minimum atomic E-state index is -3.43. The zero-order chi connectivity index (χ0) is 11.2. The fraction of sp³-hybridized carbons (Fsp3) is 0.667. The quantitative estimate of drug-likeness (QED) is 0.494. The molecular weight excluding hydrogens is 204 g/mol. The summed E-state index contributed by atoms with van der Waals surface area (Å²) in [5.74, 6) is 1.58. The molecule has 0 aliphatic heterocycles. The lowest BCUT2D eigenvalue weighted by Gasteiger charge is -2.11. The molecule has 0 amide bonds. The van der Waals surface area contributed by atoms with E-state index < -0.39 is 21.1 Å². The predicted octanol–water partition coefficient (Wildman–Crippen LogP) is 0.376. The van der Waals surface area contributed by atoms with Crippen LogP contribution in [0.25, 0.3) is 0 Å². The van der Waals surface area contributed by atoms with Gasteiger partial charge in [-0.25, -0.2) is 8.42 Å². The van der Waals surface area contributed by atoms with Crippen LogP contribution in [-0.4, -0.2) is 32.5 Å². The second kappa shape index (κ2) is 5.66. The molecule has 0 radical (unpaired) electrons. The summed E-state index contributed by atoms with van der Waals surface area (Å²) in [5, 5.41) is -1.13. The van der Waals surface area contributed by atoms with E-state index in [2.05, 4.69) is 10.7 Å². The van der Waals surface area contributed by atoms with Gasteiger partial charge >= 0.3 is 5.97 Å². The van der Waals surface area contributed by atoms with Crippen molar-refractivity contribution < 1.29 is 17.9 Å². The van der Waals surface area contributed by atoms with Gasteiger partial charge in [-0.2, -0.15) is 0 Å². The van der Waals surface area contributed by atoms with Crippen molar-refractivity contribution >= 4 is 15.8 Å². The highest BCUT2D eigenvalue weighted by Gasteiger charge is 2.29. The van der Waals surface area contributed by atoms with Crippen LogP contribution >= 0.6 is 0 Å². The molecule has 14 heavy (non-hydrogen) atoms. The first-order valence-electron chi connectivity index (χ1n) is 4.22. The van der Waals surface area contributed by atoms with Crippen molar-refractivity contribution in [3.63, 3.8) is 0 Å². The van der Waals surface area contributed by atoms with Crippen molar-refractivity contribution in [2.45, 2.75) is 25.0 Å². The number of esters is 1. The molecule has 0 rings (SSSR count). The molecule has 0 saturated carbocycles. The SMILES string of the molecule is C#CCCC(C(=O)OCC)S(C)(=O)=O. The first-order valence-corrected chi connectivity index (χ1v) is 6.18. The average molecular weight is 218 g/mol. The second-order valence-corrected chi connectivity index (χ2v) is 5.04. The second-order valence-electron chi connectivity index (χ2n) is 2.81. The summed E-state index contributed by atoms with van der Waals surface area (Å²) in [5.41, 5.74) is 0. The van der Waals surface area contributed by atoms with Gasteiger partial charge in [0.25, 0.3) is 0 Å². The summed E-state index contributed by atoms with van der Waals surface area (Å²) < 4.78 is 27.0. The number of rotatable bonds is 5. The highest BCUT2D eigenvalue weighted by Crippen LogP contribution is 2.09. The van der Waals surface area contributed by atoms with Gasteiger partial charge in [-0.05, 0) is 13.3 Å². The van der Waals surface area contributed by atoms with Crippen molar-refractivity contribution in [2.75, 3.05) is 12.9 Å². The molecule has 0 aromatic rings. The fourth-order valence-electron chi connectivity index (χ4n) is 0.956. The van der Waals surface area contributed by atoms with Gasteiger partial charge in [0.2, 0.25) is 0 Å². The van der Waals surface area contributed by atoms with Gasteiger partial charge in [0.05, 0.1) is 6.61 Å². The third-order valence-electron chi connectivity index (χ3n) is 1.62. The zero-order valence-electron chi connectivity index (χ0n) is 8.32. The smallest absolute Gasteiger partial charge is 0.324 e. The maximum absolute atomic E-state index is 11.2. The van der Waals surface area contributed by atoms with E-state index in [4.69, 9.17) is 6.42 Å². The molecular formula is C9H14O4S. The molecule has 0 N–H and O–H groups in total. The minimum Gasteiger partial charge on any atom is -0.465 e. The summed E-state index contributed by atoms with van der Waals surface area (Å²) in [7, 11) is -3.43. The van der Waals surface area contributed by atoms with E-state index in [1.54, 1.807) is 6.92 Å². The molecule has 0 aromatic carbocycles. The summed E-state index contributed by atoms with van der Waals surface area (Å²) in [6, 6.07) is 0. The Balaban J connectivity index is 4.58. The Hall–Kier alpha value is -1.02. The van der Waals surface area contributed by atoms with E-state index in [0.29, 0.717) is 0 Å². The predicted molar refractivity (Wildman–Crippen MR) is 53.3 cm³/mol. The van der Waals surface area contributed by atoms with E-state index in [-0.39, 0.29) is 19.4 Å². The van der Waals surface area contributed by atoms with E-state index in [9.17, 15) is 13.2 Å². The van der Waals surface area contributed by atoms with Crippen LogP contribution < -0.4 is 0 Å².